The van der Waals surface area contributed by atoms with Gasteiger partial charge in [0.05, 0.1) is 22.0 Å². The van der Waals surface area contributed by atoms with Crippen molar-refractivity contribution in [3.8, 4) is 5.75 Å². The number of halogens is 1. The van der Waals surface area contributed by atoms with E-state index in [2.05, 4.69) is 20.6 Å². The molecule has 7 atom stereocenters. The number of nitrogens with one attached hydrogen (secondary N) is 2. The number of carbonyl (C=O) groups excluding carboxylic acids is 4. The zero-order chi connectivity index (χ0) is 39.4. The standard InChI is InChI=1S/C36H41ClN8O10/c37-22-8-6-18(28(49)31-29(50)30(51)36(55-31)44-13-10-21-32(39)42-17-43-33(21)44)14-24(22)54-16-26(48)41-12-2-1-11-40-23-5-3-4-20-27(23)35(53)45(34(20)52)19(15-46)7-9-25(38)47/h3-6,8,10,13-15,17,19,28-31,34,36,40,49-52H,1-2,7,9,11-12,16H2,(H2,38,47)(H,41,48)(H2,39,42,43)/t19?,28-,29+,30-,31-,34?,36-/m1/s1. The second kappa shape index (κ2) is 17.0. The van der Waals surface area contributed by atoms with Crippen LogP contribution in [0.4, 0.5) is 11.5 Å². The van der Waals surface area contributed by atoms with Gasteiger partial charge in [0.1, 0.15) is 54.2 Å². The minimum Gasteiger partial charge on any atom is -0.482 e. The lowest BCUT2D eigenvalue weighted by Gasteiger charge is -2.26. The summed E-state index contributed by atoms with van der Waals surface area (Å²) in [7, 11) is 0. The van der Waals surface area contributed by atoms with Crippen molar-refractivity contribution in [2.75, 3.05) is 30.7 Å². The monoisotopic (exact) mass is 780 g/mol. The van der Waals surface area contributed by atoms with Gasteiger partial charge in [0.15, 0.2) is 19.1 Å². The number of aromatic nitrogens is 3. The molecule has 2 unspecified atom stereocenters. The maximum absolute atomic E-state index is 13.2. The fraction of sp³-hybridized carbons (Fsp3) is 0.389. The number of nitrogens with two attached hydrogens (primary N) is 2. The molecule has 19 heteroatoms. The van der Waals surface area contributed by atoms with Crippen molar-refractivity contribution < 1.29 is 49.1 Å². The lowest BCUT2D eigenvalue weighted by Crippen LogP contribution is -2.40. The highest BCUT2D eigenvalue weighted by Crippen LogP contribution is 2.40. The first-order valence-electron chi connectivity index (χ1n) is 17.5. The quantitative estimate of drug-likeness (QED) is 0.0541. The van der Waals surface area contributed by atoms with Gasteiger partial charge in [-0.15, -0.1) is 0 Å². The number of primary amides is 1. The number of aliphatic hydroxyl groups excluding tert-OH is 4. The van der Waals surface area contributed by atoms with Crippen LogP contribution in [0, 0.1) is 0 Å². The van der Waals surface area contributed by atoms with Crippen molar-refractivity contribution in [1.82, 2.24) is 24.8 Å². The number of nitrogen functional groups attached to an aromatic ring is 1. The van der Waals surface area contributed by atoms with Crippen molar-refractivity contribution >= 4 is 58.1 Å². The third-order valence-corrected chi connectivity index (χ3v) is 9.90. The van der Waals surface area contributed by atoms with Gasteiger partial charge in [-0.05, 0) is 49.1 Å². The first kappa shape index (κ1) is 39.3. The van der Waals surface area contributed by atoms with E-state index in [1.54, 1.807) is 30.5 Å². The number of anilines is 2. The highest BCUT2D eigenvalue weighted by atomic mass is 35.5. The fourth-order valence-electron chi connectivity index (χ4n) is 6.73. The van der Waals surface area contributed by atoms with E-state index < -0.39 is 60.6 Å². The molecule has 18 nitrogen and oxygen atoms in total. The number of nitrogens with zero attached hydrogens (tertiary/aromatic N) is 4. The van der Waals surface area contributed by atoms with E-state index in [1.165, 1.54) is 29.1 Å². The molecule has 2 aliphatic heterocycles. The number of benzene rings is 2. The summed E-state index contributed by atoms with van der Waals surface area (Å²) in [5.74, 6) is -1.25. The minimum atomic E-state index is -1.48. The second-order valence-electron chi connectivity index (χ2n) is 13.2. The topological polar surface area (TPSA) is 278 Å². The molecule has 6 rings (SSSR count). The molecule has 0 spiro atoms. The third-order valence-electron chi connectivity index (χ3n) is 9.58. The number of aliphatic hydroxyl groups is 4. The van der Waals surface area contributed by atoms with Crippen molar-refractivity contribution in [1.29, 1.82) is 0 Å². The first-order chi connectivity index (χ1) is 26.4. The van der Waals surface area contributed by atoms with Crippen LogP contribution in [0.2, 0.25) is 5.02 Å². The highest BCUT2D eigenvalue weighted by molar-refractivity contribution is 6.32. The SMILES string of the molecule is NC(=O)CCC(C=O)N1C(=O)c2c(NCCCCNC(=O)COc3cc([C@@H](O)[C@H]4O[C@@H](n5ccc6c(N)ncnc65)[C@H](O)[C@@H]4O)ccc3Cl)cccc2C1O. The van der Waals surface area contributed by atoms with E-state index in [9.17, 15) is 39.6 Å². The molecule has 2 aromatic heterocycles. The number of hydrogen-bond acceptors (Lipinski definition) is 14. The van der Waals surface area contributed by atoms with E-state index in [-0.39, 0.29) is 47.2 Å². The molecule has 2 aliphatic rings. The Morgan fingerprint density at radius 2 is 1.87 bits per heavy atom. The summed E-state index contributed by atoms with van der Waals surface area (Å²) in [6.07, 6.45) is -3.59. The summed E-state index contributed by atoms with van der Waals surface area (Å²) >= 11 is 6.31. The van der Waals surface area contributed by atoms with E-state index in [1.807, 2.05) is 0 Å². The van der Waals surface area contributed by atoms with Crippen LogP contribution in [0.15, 0.2) is 55.0 Å². The third kappa shape index (κ3) is 8.19. The highest BCUT2D eigenvalue weighted by Gasteiger charge is 2.48. The average Bonchev–Trinajstić information content (AvgIpc) is 3.81. The normalized spacial score (nSPS) is 21.7. The van der Waals surface area contributed by atoms with Gasteiger partial charge in [-0.1, -0.05) is 29.8 Å². The summed E-state index contributed by atoms with van der Waals surface area (Å²) in [5.41, 5.74) is 12.8. The van der Waals surface area contributed by atoms with Crippen LogP contribution >= 0.6 is 11.6 Å². The number of fused-ring (bicyclic) bond motifs is 2. The molecule has 1 saturated heterocycles. The van der Waals surface area contributed by atoms with Gasteiger partial charge in [-0.2, -0.15) is 0 Å². The van der Waals surface area contributed by atoms with Crippen LogP contribution in [-0.2, 0) is 19.1 Å². The Hall–Kier alpha value is -5.37. The molecular weight excluding hydrogens is 740 g/mol. The largest absolute Gasteiger partial charge is 0.482 e. The van der Waals surface area contributed by atoms with Gasteiger partial charge in [0.2, 0.25) is 5.91 Å². The van der Waals surface area contributed by atoms with Crippen LogP contribution in [0.5, 0.6) is 5.75 Å². The van der Waals surface area contributed by atoms with E-state index in [0.29, 0.717) is 54.5 Å². The Balaban J connectivity index is 0.964. The van der Waals surface area contributed by atoms with Crippen molar-refractivity contribution in [2.24, 2.45) is 5.73 Å². The Morgan fingerprint density at radius 1 is 1.09 bits per heavy atom. The number of amides is 3. The molecule has 2 aromatic carbocycles. The van der Waals surface area contributed by atoms with Crippen molar-refractivity contribution in [3.63, 3.8) is 0 Å². The zero-order valence-corrected chi connectivity index (χ0v) is 30.1. The fourth-order valence-corrected chi connectivity index (χ4v) is 6.90. The Bertz CT molecular complexity index is 2070. The van der Waals surface area contributed by atoms with Gasteiger partial charge in [-0.25, -0.2) is 9.97 Å². The molecule has 0 bridgehead atoms. The molecule has 10 N–H and O–H groups in total. The van der Waals surface area contributed by atoms with Gasteiger partial charge in [-0.3, -0.25) is 19.3 Å². The molecular formula is C36H41ClN8O10. The number of hydrogen-bond donors (Lipinski definition) is 8. The Morgan fingerprint density at radius 3 is 2.64 bits per heavy atom. The van der Waals surface area contributed by atoms with E-state index in [4.69, 9.17) is 32.5 Å². The number of ether oxygens (including phenoxy) is 2. The van der Waals surface area contributed by atoms with Crippen LogP contribution in [0.3, 0.4) is 0 Å². The molecule has 0 aliphatic carbocycles. The molecule has 0 radical (unpaired) electrons. The molecule has 55 heavy (non-hydrogen) atoms. The molecule has 292 valence electrons. The van der Waals surface area contributed by atoms with Crippen molar-refractivity contribution in [3.05, 3.63) is 76.7 Å². The van der Waals surface area contributed by atoms with Gasteiger partial charge < -0.3 is 61.4 Å². The summed E-state index contributed by atoms with van der Waals surface area (Å²) in [6, 6.07) is 9.98. The maximum Gasteiger partial charge on any atom is 0.259 e. The van der Waals surface area contributed by atoms with Gasteiger partial charge >= 0.3 is 0 Å². The molecule has 0 saturated carbocycles. The molecule has 4 aromatic rings. The smallest absolute Gasteiger partial charge is 0.259 e. The van der Waals surface area contributed by atoms with Crippen molar-refractivity contribution in [2.45, 2.75) is 68.6 Å². The number of unbranched alkanes of at least 4 members (excludes halogenated alkanes) is 1. The number of carbonyl (C=O) groups is 4. The van der Waals surface area contributed by atoms with Crippen LogP contribution in [0.25, 0.3) is 11.0 Å². The van der Waals surface area contributed by atoms with Crippen LogP contribution < -0.4 is 26.8 Å². The Kier molecular flexibility index (Phi) is 12.1. The van der Waals surface area contributed by atoms with Crippen LogP contribution in [-0.4, -0.2) is 108 Å². The first-order valence-corrected chi connectivity index (χ1v) is 17.9. The molecule has 1 fully saturated rings. The lowest BCUT2D eigenvalue weighted by atomic mass is 9.99. The number of aldehydes is 1. The van der Waals surface area contributed by atoms with E-state index >= 15 is 0 Å². The predicted molar refractivity (Wildman–Crippen MR) is 196 cm³/mol. The van der Waals surface area contributed by atoms with Crippen LogP contribution in [0.1, 0.15) is 65.7 Å². The maximum atomic E-state index is 13.2. The molecule has 4 heterocycles. The zero-order valence-electron chi connectivity index (χ0n) is 29.3. The van der Waals surface area contributed by atoms with Gasteiger partial charge in [0, 0.05) is 37.0 Å². The average molecular weight is 781 g/mol. The van der Waals surface area contributed by atoms with Gasteiger partial charge in [0.25, 0.3) is 11.8 Å². The summed E-state index contributed by atoms with van der Waals surface area (Å²) in [6.45, 7) is 0.355. The summed E-state index contributed by atoms with van der Waals surface area (Å²) in [4.78, 5) is 57.9. The molecule has 3 amide bonds. The minimum absolute atomic E-state index is 0.00741. The lowest BCUT2D eigenvalue weighted by molar-refractivity contribution is -0.123. The second-order valence-corrected chi connectivity index (χ2v) is 13.6. The predicted octanol–water partition coefficient (Wildman–Crippen LogP) is 0.687. The van der Waals surface area contributed by atoms with E-state index in [0.717, 1.165) is 4.90 Å². The summed E-state index contributed by atoms with van der Waals surface area (Å²) in [5, 5.41) is 50.3. The Labute approximate surface area is 319 Å². The summed E-state index contributed by atoms with van der Waals surface area (Å²) < 4.78 is 13.1. The number of rotatable bonds is 17.